The van der Waals surface area contributed by atoms with E-state index in [2.05, 4.69) is 9.97 Å². The molecule has 2 aromatic carbocycles. The third-order valence-corrected chi connectivity index (χ3v) is 4.17. The van der Waals surface area contributed by atoms with Crippen LogP contribution >= 0.6 is 0 Å². The lowest BCUT2D eigenvalue weighted by atomic mass is 10.1. The minimum absolute atomic E-state index is 0.357. The van der Waals surface area contributed by atoms with E-state index in [1.807, 2.05) is 49.4 Å². The normalized spacial score (nSPS) is 11.6. The molecule has 25 heavy (non-hydrogen) atoms. The number of H-pyrrole nitrogens is 1. The number of allylic oxidation sites excluding steroid dienone is 1. The molecule has 0 amide bonds. The van der Waals surface area contributed by atoms with Crippen molar-refractivity contribution < 1.29 is 0 Å². The molecule has 5 heteroatoms. The first-order valence-corrected chi connectivity index (χ1v) is 7.94. The van der Waals surface area contributed by atoms with Gasteiger partial charge in [-0.2, -0.15) is 0 Å². The highest BCUT2D eigenvalue weighted by Crippen LogP contribution is 2.19. The summed E-state index contributed by atoms with van der Waals surface area (Å²) in [4.78, 5) is 32.6. The van der Waals surface area contributed by atoms with Crippen molar-refractivity contribution in [3.63, 3.8) is 0 Å². The molecule has 0 aliphatic heterocycles. The van der Waals surface area contributed by atoms with Gasteiger partial charge in [-0.15, -0.1) is 0 Å². The number of aromatic nitrogens is 3. The van der Waals surface area contributed by atoms with Crippen LogP contribution in [0.15, 0.2) is 70.5 Å². The number of benzene rings is 2. The third kappa shape index (κ3) is 2.46. The quantitative estimate of drug-likeness (QED) is 0.614. The maximum atomic E-state index is 13.0. The van der Waals surface area contributed by atoms with Gasteiger partial charge in [-0.25, -0.2) is 9.36 Å². The first kappa shape index (κ1) is 15.1. The van der Waals surface area contributed by atoms with Crippen molar-refractivity contribution >= 4 is 27.8 Å². The fraction of sp³-hybridized carbons (Fsp3) is 0.0500. The van der Waals surface area contributed by atoms with Gasteiger partial charge in [-0.1, -0.05) is 42.5 Å². The zero-order valence-electron chi connectivity index (χ0n) is 13.6. The summed E-state index contributed by atoms with van der Waals surface area (Å²) in [7, 11) is 0. The van der Waals surface area contributed by atoms with Crippen molar-refractivity contribution in [3.8, 4) is 5.69 Å². The van der Waals surface area contributed by atoms with Gasteiger partial charge in [-0.3, -0.25) is 9.78 Å². The Labute approximate surface area is 142 Å². The lowest BCUT2D eigenvalue weighted by molar-refractivity contribution is 0.902. The summed E-state index contributed by atoms with van der Waals surface area (Å²) in [6.45, 7) is 1.92. The molecule has 4 aromatic rings. The smallest absolute Gasteiger partial charge is 0.306 e. The second-order valence-electron chi connectivity index (χ2n) is 5.76. The van der Waals surface area contributed by atoms with Gasteiger partial charge in [0.15, 0.2) is 0 Å². The topological polar surface area (TPSA) is 67.8 Å². The summed E-state index contributed by atoms with van der Waals surface area (Å²) >= 11 is 0. The predicted molar refractivity (Wildman–Crippen MR) is 100 cm³/mol. The average molecular weight is 329 g/mol. The molecule has 122 valence electrons. The van der Waals surface area contributed by atoms with Gasteiger partial charge in [0.05, 0.1) is 22.8 Å². The molecule has 2 heterocycles. The van der Waals surface area contributed by atoms with Crippen LogP contribution in [0.3, 0.4) is 0 Å². The second kappa shape index (κ2) is 5.87. The highest BCUT2D eigenvalue weighted by Gasteiger charge is 2.12. The third-order valence-electron chi connectivity index (χ3n) is 4.17. The van der Waals surface area contributed by atoms with E-state index in [0.717, 1.165) is 20.9 Å². The summed E-state index contributed by atoms with van der Waals surface area (Å²) in [5, 5.41) is 2.13. The summed E-state index contributed by atoms with van der Waals surface area (Å²) in [6.07, 6.45) is 7.07. The van der Waals surface area contributed by atoms with Gasteiger partial charge >= 0.3 is 5.69 Å². The highest BCUT2D eigenvalue weighted by molar-refractivity contribution is 5.89. The zero-order chi connectivity index (χ0) is 17.4. The number of aromatic amines is 1. The van der Waals surface area contributed by atoms with Crippen molar-refractivity contribution in [2.75, 3.05) is 0 Å². The Bertz CT molecular complexity index is 1240. The Balaban J connectivity index is 2.07. The Hall–Kier alpha value is -3.47. The second-order valence-corrected chi connectivity index (χ2v) is 5.76. The van der Waals surface area contributed by atoms with Crippen LogP contribution < -0.4 is 11.2 Å². The van der Waals surface area contributed by atoms with Crippen LogP contribution in [0.5, 0.6) is 0 Å². The molecule has 0 spiro atoms. The monoisotopic (exact) mass is 329 g/mol. The fourth-order valence-corrected chi connectivity index (χ4v) is 3.03. The number of nitrogens with one attached hydrogen (secondary N) is 1. The molecule has 1 N–H and O–H groups in total. The first-order chi connectivity index (χ1) is 12.2. The van der Waals surface area contributed by atoms with Gasteiger partial charge in [-0.05, 0) is 24.6 Å². The minimum atomic E-state index is -0.478. The van der Waals surface area contributed by atoms with E-state index in [4.69, 9.17) is 0 Å². The number of hydrogen-bond acceptors (Lipinski definition) is 3. The molecule has 0 radical (unpaired) electrons. The van der Waals surface area contributed by atoms with Gasteiger partial charge in [0.2, 0.25) is 0 Å². The van der Waals surface area contributed by atoms with Crippen molar-refractivity contribution in [3.05, 3.63) is 87.3 Å². The van der Waals surface area contributed by atoms with Crippen LogP contribution in [0.2, 0.25) is 0 Å². The summed E-state index contributed by atoms with van der Waals surface area (Å²) in [6, 6.07) is 12.9. The molecule has 0 saturated heterocycles. The van der Waals surface area contributed by atoms with Crippen LogP contribution in [0.4, 0.5) is 0 Å². The van der Waals surface area contributed by atoms with Gasteiger partial charge in [0, 0.05) is 17.0 Å². The SMILES string of the molecule is C/C=C/c1ccc2c(=O)n(-c3cncc4ccccc34)c(=O)[nH]c2c1. The lowest BCUT2D eigenvalue weighted by Crippen LogP contribution is -2.33. The average Bonchev–Trinajstić information content (AvgIpc) is 2.62. The van der Waals surface area contributed by atoms with Crippen LogP contribution in [-0.2, 0) is 0 Å². The molecule has 2 aromatic heterocycles. The number of fused-ring (bicyclic) bond motifs is 2. The molecule has 0 aliphatic carbocycles. The molecule has 0 fully saturated rings. The number of pyridine rings is 1. The van der Waals surface area contributed by atoms with Crippen LogP contribution in [0.25, 0.3) is 33.4 Å². The summed E-state index contributed by atoms with van der Waals surface area (Å²) < 4.78 is 1.15. The number of hydrogen-bond donors (Lipinski definition) is 1. The van der Waals surface area contributed by atoms with Crippen molar-refractivity contribution in [2.45, 2.75) is 6.92 Å². The summed E-state index contributed by atoms with van der Waals surface area (Å²) in [5.41, 5.74) is 1.09. The van der Waals surface area contributed by atoms with E-state index >= 15 is 0 Å². The van der Waals surface area contributed by atoms with E-state index in [-0.39, 0.29) is 5.56 Å². The fourth-order valence-electron chi connectivity index (χ4n) is 3.03. The van der Waals surface area contributed by atoms with E-state index in [0.29, 0.717) is 16.6 Å². The number of nitrogens with zero attached hydrogens (tertiary/aromatic N) is 2. The van der Waals surface area contributed by atoms with Crippen molar-refractivity contribution in [1.82, 2.24) is 14.5 Å². The van der Waals surface area contributed by atoms with E-state index < -0.39 is 5.69 Å². The van der Waals surface area contributed by atoms with Gasteiger partial charge in [0.25, 0.3) is 5.56 Å². The predicted octanol–water partition coefficient (Wildman–Crippen LogP) is 3.26. The van der Waals surface area contributed by atoms with Crippen molar-refractivity contribution in [1.29, 1.82) is 0 Å². The van der Waals surface area contributed by atoms with E-state index in [1.165, 1.54) is 0 Å². The molecule has 0 unspecified atom stereocenters. The molecular weight excluding hydrogens is 314 g/mol. The Kier molecular flexibility index (Phi) is 3.54. The molecule has 5 nitrogen and oxygen atoms in total. The van der Waals surface area contributed by atoms with Crippen LogP contribution in [0.1, 0.15) is 12.5 Å². The maximum absolute atomic E-state index is 13.0. The van der Waals surface area contributed by atoms with E-state index in [1.54, 1.807) is 24.5 Å². The molecule has 4 rings (SSSR count). The molecule has 0 bridgehead atoms. The Morgan fingerprint density at radius 3 is 2.72 bits per heavy atom. The standard InChI is InChI=1S/C20H15N3O2/c1-2-5-13-8-9-16-17(10-13)22-20(25)23(19(16)24)18-12-21-11-14-6-3-4-7-15(14)18/h2-12H,1H3,(H,22,25)/b5-2+. The molecular formula is C20H15N3O2. The van der Waals surface area contributed by atoms with Crippen LogP contribution in [-0.4, -0.2) is 14.5 Å². The van der Waals surface area contributed by atoms with E-state index in [9.17, 15) is 9.59 Å². The number of rotatable bonds is 2. The van der Waals surface area contributed by atoms with Gasteiger partial charge in [0.1, 0.15) is 0 Å². The Morgan fingerprint density at radius 2 is 1.88 bits per heavy atom. The zero-order valence-corrected chi connectivity index (χ0v) is 13.6. The molecule has 0 atom stereocenters. The Morgan fingerprint density at radius 1 is 1.04 bits per heavy atom. The molecule has 0 saturated carbocycles. The first-order valence-electron chi connectivity index (χ1n) is 7.94. The molecule has 0 aliphatic rings. The van der Waals surface area contributed by atoms with Gasteiger partial charge < -0.3 is 4.98 Å². The lowest BCUT2D eigenvalue weighted by Gasteiger charge is -2.09. The summed E-state index contributed by atoms with van der Waals surface area (Å²) in [5.74, 6) is 0. The highest BCUT2D eigenvalue weighted by atomic mass is 16.2. The van der Waals surface area contributed by atoms with Crippen LogP contribution in [0, 0.1) is 0 Å². The maximum Gasteiger partial charge on any atom is 0.333 e. The largest absolute Gasteiger partial charge is 0.333 e. The minimum Gasteiger partial charge on any atom is -0.306 e. The van der Waals surface area contributed by atoms with Crippen molar-refractivity contribution in [2.24, 2.45) is 0 Å².